The molecule has 2 aliphatic rings. The molecule has 0 aromatic carbocycles. The van der Waals surface area contributed by atoms with Crippen molar-refractivity contribution in [3.05, 3.63) is 11.6 Å². The highest BCUT2D eigenvalue weighted by molar-refractivity contribution is 5.73. The van der Waals surface area contributed by atoms with Gasteiger partial charge in [0.1, 0.15) is 11.6 Å². The van der Waals surface area contributed by atoms with Crippen LogP contribution in [0.5, 0.6) is 0 Å². The third-order valence-corrected chi connectivity index (χ3v) is 5.24. The van der Waals surface area contributed by atoms with Gasteiger partial charge < -0.3 is 19.9 Å². The molecule has 2 aliphatic heterocycles. The van der Waals surface area contributed by atoms with Crippen molar-refractivity contribution in [1.82, 2.24) is 24.6 Å². The van der Waals surface area contributed by atoms with Gasteiger partial charge in [0, 0.05) is 39.0 Å². The van der Waals surface area contributed by atoms with Crippen molar-refractivity contribution in [3.63, 3.8) is 0 Å². The van der Waals surface area contributed by atoms with Crippen LogP contribution in [0.15, 0.2) is 0 Å². The van der Waals surface area contributed by atoms with Gasteiger partial charge in [0.25, 0.3) is 0 Å². The van der Waals surface area contributed by atoms with Crippen LogP contribution in [0.3, 0.4) is 0 Å². The smallest absolute Gasteiger partial charge is 0.217 e. The van der Waals surface area contributed by atoms with E-state index in [9.17, 15) is 4.79 Å². The van der Waals surface area contributed by atoms with E-state index in [0.717, 1.165) is 83.4 Å². The van der Waals surface area contributed by atoms with Crippen LogP contribution in [0.25, 0.3) is 0 Å². The molecule has 140 valence electrons. The Labute approximate surface area is 149 Å². The highest BCUT2D eigenvalue weighted by Crippen LogP contribution is 2.26. The monoisotopic (exact) mass is 350 g/mol. The molecule has 25 heavy (non-hydrogen) atoms. The minimum atomic E-state index is -0.213. The number of hydrogen-bond acceptors (Lipinski definition) is 6. The predicted molar refractivity (Wildman–Crippen MR) is 93.9 cm³/mol. The molecule has 1 amide bonds. The maximum Gasteiger partial charge on any atom is 0.217 e. The molecular formula is C17H30N6O2. The van der Waals surface area contributed by atoms with Crippen molar-refractivity contribution in [1.29, 1.82) is 0 Å². The number of hydrogen-bond donors (Lipinski definition) is 1. The van der Waals surface area contributed by atoms with Crippen molar-refractivity contribution >= 4 is 5.91 Å². The third kappa shape index (κ3) is 4.99. The Kier molecular flexibility index (Phi) is 6.39. The summed E-state index contributed by atoms with van der Waals surface area (Å²) in [7, 11) is 2.08. The average molecular weight is 350 g/mol. The summed E-state index contributed by atoms with van der Waals surface area (Å²) >= 11 is 0. The molecule has 0 radical (unpaired) electrons. The van der Waals surface area contributed by atoms with E-state index < -0.39 is 0 Å². The Hall–Kier alpha value is -1.51. The highest BCUT2D eigenvalue weighted by atomic mass is 16.5. The lowest BCUT2D eigenvalue weighted by Crippen LogP contribution is -2.37. The van der Waals surface area contributed by atoms with Gasteiger partial charge in [-0.25, -0.2) is 0 Å². The van der Waals surface area contributed by atoms with E-state index in [2.05, 4.69) is 31.6 Å². The largest absolute Gasteiger partial charge is 0.379 e. The topological polar surface area (TPSA) is 89.5 Å². The second-order valence-corrected chi connectivity index (χ2v) is 7.13. The van der Waals surface area contributed by atoms with Crippen LogP contribution in [0.1, 0.15) is 43.3 Å². The SMILES string of the molecule is Cn1c(CN2CCOCC2)nnc1[C@H]1CCCN(CCCC(N)=O)C1. The summed E-state index contributed by atoms with van der Waals surface area (Å²) in [6.45, 7) is 7.36. The first-order chi connectivity index (χ1) is 12.1. The molecule has 2 N–H and O–H groups in total. The molecule has 2 saturated heterocycles. The highest BCUT2D eigenvalue weighted by Gasteiger charge is 2.26. The number of nitrogens with two attached hydrogens (primary N) is 1. The lowest BCUT2D eigenvalue weighted by molar-refractivity contribution is -0.118. The molecule has 0 saturated carbocycles. The Morgan fingerprint density at radius 3 is 2.80 bits per heavy atom. The average Bonchev–Trinajstić information content (AvgIpc) is 2.96. The van der Waals surface area contributed by atoms with Crippen molar-refractivity contribution < 1.29 is 9.53 Å². The normalized spacial score (nSPS) is 23.0. The number of amides is 1. The molecule has 8 nitrogen and oxygen atoms in total. The molecule has 0 unspecified atom stereocenters. The fourth-order valence-electron chi connectivity index (χ4n) is 3.77. The van der Waals surface area contributed by atoms with E-state index >= 15 is 0 Å². The lowest BCUT2D eigenvalue weighted by atomic mass is 9.97. The lowest BCUT2D eigenvalue weighted by Gasteiger charge is -2.32. The molecule has 0 bridgehead atoms. The molecule has 0 aliphatic carbocycles. The third-order valence-electron chi connectivity index (χ3n) is 5.24. The Balaban J connectivity index is 1.56. The molecule has 1 aromatic heterocycles. The molecule has 1 aromatic rings. The number of primary amides is 1. The first-order valence-electron chi connectivity index (χ1n) is 9.32. The van der Waals surface area contributed by atoms with Crippen LogP contribution in [0, 0.1) is 0 Å². The first kappa shape index (κ1) is 18.3. The van der Waals surface area contributed by atoms with Crippen LogP contribution in [-0.4, -0.2) is 76.4 Å². The summed E-state index contributed by atoms with van der Waals surface area (Å²) < 4.78 is 7.58. The van der Waals surface area contributed by atoms with E-state index in [0.29, 0.717) is 12.3 Å². The van der Waals surface area contributed by atoms with Crippen LogP contribution < -0.4 is 5.73 Å². The zero-order valence-electron chi connectivity index (χ0n) is 15.2. The predicted octanol–water partition coefficient (Wildman–Crippen LogP) is 0.0922. The second kappa shape index (κ2) is 8.73. The van der Waals surface area contributed by atoms with Gasteiger partial charge in [0.15, 0.2) is 0 Å². The fraction of sp³-hybridized carbons (Fsp3) is 0.824. The van der Waals surface area contributed by atoms with Crippen LogP contribution in [0.2, 0.25) is 0 Å². The Morgan fingerprint density at radius 2 is 2.04 bits per heavy atom. The minimum Gasteiger partial charge on any atom is -0.379 e. The van der Waals surface area contributed by atoms with E-state index in [1.165, 1.54) is 0 Å². The van der Waals surface area contributed by atoms with Gasteiger partial charge in [-0.3, -0.25) is 9.69 Å². The number of ether oxygens (including phenoxy) is 1. The second-order valence-electron chi connectivity index (χ2n) is 7.13. The Morgan fingerprint density at radius 1 is 1.24 bits per heavy atom. The summed E-state index contributed by atoms with van der Waals surface area (Å²) in [4.78, 5) is 15.7. The number of rotatable bonds is 7. The summed E-state index contributed by atoms with van der Waals surface area (Å²) in [6, 6.07) is 0. The maximum absolute atomic E-state index is 10.9. The van der Waals surface area contributed by atoms with E-state index in [1.807, 2.05) is 0 Å². The quantitative estimate of drug-likeness (QED) is 0.750. The Bertz CT molecular complexity index is 569. The number of piperidine rings is 1. The van der Waals surface area contributed by atoms with Crippen LogP contribution in [0.4, 0.5) is 0 Å². The van der Waals surface area contributed by atoms with Crippen molar-refractivity contribution in [3.8, 4) is 0 Å². The van der Waals surface area contributed by atoms with Gasteiger partial charge in [-0.15, -0.1) is 10.2 Å². The van der Waals surface area contributed by atoms with Crippen molar-refractivity contribution in [2.75, 3.05) is 45.9 Å². The fourth-order valence-corrected chi connectivity index (χ4v) is 3.77. The summed E-state index contributed by atoms with van der Waals surface area (Å²) in [5, 5.41) is 8.95. The number of aromatic nitrogens is 3. The number of likely N-dealkylation sites (tertiary alicyclic amines) is 1. The number of nitrogens with zero attached hydrogens (tertiary/aromatic N) is 5. The van der Waals surface area contributed by atoms with E-state index in [-0.39, 0.29) is 5.91 Å². The summed E-state index contributed by atoms with van der Waals surface area (Å²) in [5.74, 6) is 2.32. The van der Waals surface area contributed by atoms with Crippen molar-refractivity contribution in [2.24, 2.45) is 12.8 Å². The summed E-state index contributed by atoms with van der Waals surface area (Å²) in [5.41, 5.74) is 5.23. The number of carbonyl (C=O) groups excluding carboxylic acids is 1. The standard InChI is InChI=1S/C17H30N6O2/c1-21-16(13-23-8-10-25-11-9-23)19-20-17(21)14-4-2-6-22(12-14)7-3-5-15(18)24/h14H,2-13H2,1H3,(H2,18,24)/t14-/m0/s1. The molecule has 1 atom stereocenters. The minimum absolute atomic E-state index is 0.213. The maximum atomic E-state index is 10.9. The zero-order valence-corrected chi connectivity index (χ0v) is 15.2. The summed E-state index contributed by atoms with van der Waals surface area (Å²) in [6.07, 6.45) is 3.61. The molecule has 0 spiro atoms. The molecule has 3 rings (SSSR count). The molecular weight excluding hydrogens is 320 g/mol. The van der Waals surface area contributed by atoms with Crippen LogP contribution in [-0.2, 0) is 23.1 Å². The van der Waals surface area contributed by atoms with Gasteiger partial charge in [-0.05, 0) is 32.4 Å². The van der Waals surface area contributed by atoms with Crippen LogP contribution >= 0.6 is 0 Å². The van der Waals surface area contributed by atoms with E-state index in [1.54, 1.807) is 0 Å². The van der Waals surface area contributed by atoms with Gasteiger partial charge >= 0.3 is 0 Å². The first-order valence-corrected chi connectivity index (χ1v) is 9.32. The van der Waals surface area contributed by atoms with Gasteiger partial charge in [-0.1, -0.05) is 0 Å². The zero-order chi connectivity index (χ0) is 17.6. The van der Waals surface area contributed by atoms with Gasteiger partial charge in [0.05, 0.1) is 19.8 Å². The molecule has 2 fully saturated rings. The van der Waals surface area contributed by atoms with Gasteiger partial charge in [-0.2, -0.15) is 0 Å². The molecule has 3 heterocycles. The molecule has 8 heteroatoms. The van der Waals surface area contributed by atoms with Gasteiger partial charge in [0.2, 0.25) is 5.91 Å². The van der Waals surface area contributed by atoms with Crippen molar-refractivity contribution in [2.45, 2.75) is 38.1 Å². The van der Waals surface area contributed by atoms with E-state index in [4.69, 9.17) is 10.5 Å². The number of morpholine rings is 1. The number of carbonyl (C=O) groups is 1.